The zero-order valence-electron chi connectivity index (χ0n) is 15.0. The van der Waals surface area contributed by atoms with Crippen molar-refractivity contribution < 1.29 is 12.6 Å². The lowest BCUT2D eigenvalue weighted by molar-refractivity contribution is 0.251. The van der Waals surface area contributed by atoms with Crippen LogP contribution in [0, 0.1) is 18.8 Å². The van der Waals surface area contributed by atoms with E-state index in [4.69, 9.17) is 4.18 Å². The van der Waals surface area contributed by atoms with Crippen LogP contribution in [0.3, 0.4) is 0 Å². The van der Waals surface area contributed by atoms with Gasteiger partial charge in [-0.15, -0.1) is 0 Å². The SMILES string of the molecule is CCCC[C@H](C)CCCC(C)COS(=O)(=O)c1ccc(C)cc1. The summed E-state index contributed by atoms with van der Waals surface area (Å²) in [6.07, 6.45) is 7.22. The minimum absolute atomic E-state index is 0.239. The van der Waals surface area contributed by atoms with E-state index in [9.17, 15) is 8.42 Å². The van der Waals surface area contributed by atoms with Crippen LogP contribution >= 0.6 is 0 Å². The van der Waals surface area contributed by atoms with Crippen molar-refractivity contribution in [1.82, 2.24) is 0 Å². The highest BCUT2D eigenvalue weighted by Gasteiger charge is 2.16. The summed E-state index contributed by atoms with van der Waals surface area (Å²) in [7, 11) is -3.63. The van der Waals surface area contributed by atoms with Gasteiger partial charge in [-0.2, -0.15) is 8.42 Å². The van der Waals surface area contributed by atoms with Crippen LogP contribution < -0.4 is 0 Å². The van der Waals surface area contributed by atoms with E-state index >= 15 is 0 Å². The van der Waals surface area contributed by atoms with E-state index in [1.54, 1.807) is 24.3 Å². The summed E-state index contributed by atoms with van der Waals surface area (Å²) in [4.78, 5) is 0.239. The molecule has 1 aromatic carbocycles. The van der Waals surface area contributed by atoms with E-state index in [1.807, 2.05) is 6.92 Å². The van der Waals surface area contributed by atoms with Gasteiger partial charge in [0, 0.05) is 0 Å². The Morgan fingerprint density at radius 2 is 1.52 bits per heavy atom. The van der Waals surface area contributed by atoms with Gasteiger partial charge in [-0.25, -0.2) is 0 Å². The molecule has 0 bridgehead atoms. The summed E-state index contributed by atoms with van der Waals surface area (Å²) >= 11 is 0. The zero-order valence-corrected chi connectivity index (χ0v) is 15.9. The average molecular weight is 341 g/mol. The van der Waals surface area contributed by atoms with E-state index in [0.717, 1.165) is 24.3 Å². The average Bonchev–Trinajstić information content (AvgIpc) is 2.51. The Hall–Kier alpha value is -0.870. The lowest BCUT2D eigenvalue weighted by atomic mass is 9.95. The molecule has 4 heteroatoms. The molecule has 0 aliphatic carbocycles. The summed E-state index contributed by atoms with van der Waals surface area (Å²) in [6, 6.07) is 6.78. The van der Waals surface area contributed by atoms with Crippen LogP contribution in [0.4, 0.5) is 0 Å². The van der Waals surface area contributed by atoms with Gasteiger partial charge in [0.05, 0.1) is 11.5 Å². The van der Waals surface area contributed by atoms with Gasteiger partial charge in [-0.1, -0.05) is 70.6 Å². The molecule has 0 aliphatic heterocycles. The van der Waals surface area contributed by atoms with Crippen LogP contribution in [0.15, 0.2) is 29.2 Å². The summed E-state index contributed by atoms with van der Waals surface area (Å²) in [5.74, 6) is 1.02. The van der Waals surface area contributed by atoms with Crippen molar-refractivity contribution in [2.45, 2.75) is 71.1 Å². The van der Waals surface area contributed by atoms with Crippen molar-refractivity contribution >= 4 is 10.1 Å². The van der Waals surface area contributed by atoms with Gasteiger partial charge in [0.2, 0.25) is 0 Å². The molecule has 3 nitrogen and oxygen atoms in total. The number of benzene rings is 1. The Morgan fingerprint density at radius 3 is 2.13 bits per heavy atom. The number of unbranched alkanes of at least 4 members (excludes halogenated alkanes) is 1. The third-order valence-electron chi connectivity index (χ3n) is 4.26. The highest BCUT2D eigenvalue weighted by Crippen LogP contribution is 2.19. The first kappa shape index (κ1) is 20.2. The van der Waals surface area contributed by atoms with Gasteiger partial charge in [-0.3, -0.25) is 4.18 Å². The second kappa shape index (κ2) is 10.1. The molecule has 0 saturated heterocycles. The first-order valence-electron chi connectivity index (χ1n) is 8.81. The highest BCUT2D eigenvalue weighted by atomic mass is 32.2. The molecule has 0 N–H and O–H groups in total. The van der Waals surface area contributed by atoms with Gasteiger partial charge >= 0.3 is 0 Å². The van der Waals surface area contributed by atoms with Crippen molar-refractivity contribution in [2.75, 3.05) is 6.61 Å². The molecule has 0 heterocycles. The minimum atomic E-state index is -3.63. The molecule has 0 amide bonds. The second-order valence-corrected chi connectivity index (χ2v) is 8.45. The van der Waals surface area contributed by atoms with Gasteiger partial charge in [-0.05, 0) is 37.3 Å². The van der Waals surface area contributed by atoms with Crippen LogP contribution in [-0.2, 0) is 14.3 Å². The second-order valence-electron chi connectivity index (χ2n) is 6.84. The summed E-state index contributed by atoms with van der Waals surface area (Å²) in [5.41, 5.74) is 1.04. The largest absolute Gasteiger partial charge is 0.296 e. The summed E-state index contributed by atoms with van der Waals surface area (Å²) < 4.78 is 29.5. The molecule has 0 aromatic heterocycles. The maximum atomic E-state index is 12.1. The molecular weight excluding hydrogens is 308 g/mol. The van der Waals surface area contributed by atoms with E-state index in [2.05, 4.69) is 20.8 Å². The molecule has 23 heavy (non-hydrogen) atoms. The Bertz CT molecular complexity index is 534. The van der Waals surface area contributed by atoms with Crippen LogP contribution in [0.5, 0.6) is 0 Å². The Labute approximate surface area is 142 Å². The van der Waals surface area contributed by atoms with E-state index in [0.29, 0.717) is 0 Å². The molecule has 132 valence electrons. The molecule has 2 atom stereocenters. The van der Waals surface area contributed by atoms with Crippen molar-refractivity contribution in [3.63, 3.8) is 0 Å². The molecule has 1 unspecified atom stereocenters. The molecule has 0 spiro atoms. The van der Waals surface area contributed by atoms with Gasteiger partial charge in [0.15, 0.2) is 0 Å². The van der Waals surface area contributed by atoms with Gasteiger partial charge in [0.25, 0.3) is 10.1 Å². The topological polar surface area (TPSA) is 43.4 Å². The fraction of sp³-hybridized carbons (Fsp3) is 0.684. The smallest absolute Gasteiger partial charge is 0.266 e. The standard InChI is InChI=1S/C19H32O3S/c1-5-6-8-16(2)9-7-10-18(4)15-22-23(20,21)19-13-11-17(3)12-14-19/h11-14,16,18H,5-10,15H2,1-4H3/t16-,18?/m0/s1. The third-order valence-corrected chi connectivity index (χ3v) is 5.56. The predicted molar refractivity (Wildman–Crippen MR) is 96.0 cm³/mol. The fourth-order valence-corrected chi connectivity index (χ4v) is 3.59. The van der Waals surface area contributed by atoms with E-state index in [-0.39, 0.29) is 17.4 Å². The lowest BCUT2D eigenvalue weighted by Crippen LogP contribution is -2.13. The predicted octanol–water partition coefficient (Wildman–Crippen LogP) is 5.33. The Kier molecular flexibility index (Phi) is 8.85. The van der Waals surface area contributed by atoms with Gasteiger partial charge in [0.1, 0.15) is 0 Å². The Morgan fingerprint density at radius 1 is 0.957 bits per heavy atom. The first-order chi connectivity index (χ1) is 10.8. The van der Waals surface area contributed by atoms with E-state index < -0.39 is 10.1 Å². The maximum Gasteiger partial charge on any atom is 0.296 e. The van der Waals surface area contributed by atoms with Gasteiger partial charge < -0.3 is 0 Å². The summed E-state index contributed by atoms with van der Waals surface area (Å²) in [5, 5.41) is 0. The number of rotatable bonds is 11. The van der Waals surface area contributed by atoms with E-state index in [1.165, 1.54) is 25.7 Å². The van der Waals surface area contributed by atoms with Crippen LogP contribution in [-0.4, -0.2) is 15.0 Å². The van der Waals surface area contributed by atoms with Crippen LogP contribution in [0.1, 0.15) is 64.9 Å². The van der Waals surface area contributed by atoms with Crippen molar-refractivity contribution in [2.24, 2.45) is 11.8 Å². The minimum Gasteiger partial charge on any atom is -0.266 e. The molecule has 1 aromatic rings. The van der Waals surface area contributed by atoms with Crippen molar-refractivity contribution in [3.05, 3.63) is 29.8 Å². The Balaban J connectivity index is 2.32. The highest BCUT2D eigenvalue weighted by molar-refractivity contribution is 7.86. The third kappa shape index (κ3) is 7.98. The molecule has 0 aliphatic rings. The molecule has 0 fully saturated rings. The molecule has 0 radical (unpaired) electrons. The van der Waals surface area contributed by atoms with Crippen molar-refractivity contribution in [1.29, 1.82) is 0 Å². The summed E-state index contributed by atoms with van der Waals surface area (Å²) in [6.45, 7) is 8.78. The number of aryl methyl sites for hydroxylation is 1. The monoisotopic (exact) mass is 340 g/mol. The van der Waals surface area contributed by atoms with Crippen molar-refractivity contribution in [3.8, 4) is 0 Å². The van der Waals surface area contributed by atoms with Crippen LogP contribution in [0.2, 0.25) is 0 Å². The molecule has 1 rings (SSSR count). The lowest BCUT2D eigenvalue weighted by Gasteiger charge is -2.14. The fourth-order valence-electron chi connectivity index (χ4n) is 2.57. The quantitative estimate of drug-likeness (QED) is 0.511. The molecular formula is C19H32O3S. The first-order valence-corrected chi connectivity index (χ1v) is 10.2. The number of hydrogen-bond acceptors (Lipinski definition) is 3. The normalized spacial score (nSPS) is 14.6. The molecule has 0 saturated carbocycles. The van der Waals surface area contributed by atoms with Crippen LogP contribution in [0.25, 0.3) is 0 Å². The maximum absolute atomic E-state index is 12.1. The zero-order chi connectivity index (χ0) is 17.3. The number of hydrogen-bond donors (Lipinski definition) is 0.